The third-order valence-electron chi connectivity index (χ3n) is 3.45. The number of fused-ring (bicyclic) bond motifs is 1. The van der Waals surface area contributed by atoms with E-state index in [9.17, 15) is 0 Å². The van der Waals surface area contributed by atoms with Gasteiger partial charge in [0.05, 0.1) is 17.8 Å². The van der Waals surface area contributed by atoms with Crippen molar-refractivity contribution in [3.63, 3.8) is 0 Å². The summed E-state index contributed by atoms with van der Waals surface area (Å²) in [5.41, 5.74) is 9.88. The van der Waals surface area contributed by atoms with E-state index in [2.05, 4.69) is 15.7 Å². The van der Waals surface area contributed by atoms with E-state index in [-0.39, 0.29) is 0 Å². The van der Waals surface area contributed by atoms with Gasteiger partial charge in [-0.2, -0.15) is 5.10 Å². The van der Waals surface area contributed by atoms with E-state index in [4.69, 9.17) is 17.3 Å². The van der Waals surface area contributed by atoms with Crippen LogP contribution in [-0.2, 0) is 13.6 Å². The van der Waals surface area contributed by atoms with Gasteiger partial charge in [-0.25, -0.2) is 0 Å². The van der Waals surface area contributed by atoms with E-state index >= 15 is 0 Å². The molecule has 0 unspecified atom stereocenters. The van der Waals surface area contributed by atoms with E-state index in [0.717, 1.165) is 27.8 Å². The largest absolute Gasteiger partial charge is 0.398 e. The lowest BCUT2D eigenvalue weighted by atomic mass is 10.2. The molecule has 98 valence electrons. The van der Waals surface area contributed by atoms with Crippen LogP contribution in [0.25, 0.3) is 10.9 Å². The zero-order valence-corrected chi connectivity index (χ0v) is 11.6. The molecule has 0 radical (unpaired) electrons. The van der Waals surface area contributed by atoms with Crippen LogP contribution in [0.5, 0.6) is 0 Å². The van der Waals surface area contributed by atoms with Gasteiger partial charge in [-0.1, -0.05) is 17.7 Å². The second-order valence-electron chi connectivity index (χ2n) is 4.70. The number of nitrogens with zero attached hydrogens (tertiary/aromatic N) is 3. The average Bonchev–Trinajstić information content (AvgIpc) is 2.88. The first kappa shape index (κ1) is 12.1. The fourth-order valence-corrected chi connectivity index (χ4v) is 2.64. The fraction of sp³-hybridized carbons (Fsp3) is 0.214. The van der Waals surface area contributed by atoms with Gasteiger partial charge in [0.2, 0.25) is 0 Å². The van der Waals surface area contributed by atoms with Gasteiger partial charge in [-0.15, -0.1) is 0 Å². The molecule has 2 N–H and O–H groups in total. The summed E-state index contributed by atoms with van der Waals surface area (Å²) in [7, 11) is 1.85. The number of anilines is 1. The summed E-state index contributed by atoms with van der Waals surface area (Å²) in [6.07, 6.45) is 2.03. The molecule has 0 amide bonds. The van der Waals surface area contributed by atoms with Gasteiger partial charge < -0.3 is 10.3 Å². The molecule has 0 atom stereocenters. The number of halogens is 1. The minimum absolute atomic E-state index is 0.684. The van der Waals surface area contributed by atoms with Gasteiger partial charge in [0.25, 0.3) is 0 Å². The Hall–Kier alpha value is -1.94. The van der Waals surface area contributed by atoms with Crippen LogP contribution in [0.4, 0.5) is 5.69 Å². The van der Waals surface area contributed by atoms with E-state index < -0.39 is 0 Å². The Kier molecular flexibility index (Phi) is 2.75. The second-order valence-corrected chi connectivity index (χ2v) is 5.06. The molecule has 4 nitrogen and oxygen atoms in total. The van der Waals surface area contributed by atoms with Crippen LogP contribution < -0.4 is 5.73 Å². The van der Waals surface area contributed by atoms with E-state index in [1.165, 1.54) is 0 Å². The maximum atomic E-state index is 6.28. The predicted molar refractivity (Wildman–Crippen MR) is 78.4 cm³/mol. The molecule has 0 fully saturated rings. The van der Waals surface area contributed by atoms with Crippen molar-refractivity contribution in [3.05, 3.63) is 46.9 Å². The molecule has 0 saturated heterocycles. The number of aryl methyl sites for hydroxylation is 2. The van der Waals surface area contributed by atoms with Gasteiger partial charge in [-0.3, -0.25) is 4.68 Å². The van der Waals surface area contributed by atoms with Gasteiger partial charge in [0.1, 0.15) is 5.15 Å². The van der Waals surface area contributed by atoms with E-state index in [1.807, 2.05) is 38.4 Å². The monoisotopic (exact) mass is 274 g/mol. The third-order valence-corrected chi connectivity index (χ3v) is 3.92. The number of aromatic nitrogens is 3. The Morgan fingerprint density at radius 2 is 2.11 bits per heavy atom. The van der Waals surface area contributed by atoms with Crippen LogP contribution in [0.2, 0.25) is 5.15 Å². The summed E-state index contributed by atoms with van der Waals surface area (Å²) in [6.45, 7) is 2.67. The number of nitrogen functional groups attached to an aromatic ring is 1. The molecule has 0 spiro atoms. The zero-order valence-electron chi connectivity index (χ0n) is 10.9. The highest BCUT2D eigenvalue weighted by Gasteiger charge is 2.13. The maximum Gasteiger partial charge on any atom is 0.131 e. The van der Waals surface area contributed by atoms with Crippen LogP contribution in [-0.4, -0.2) is 14.3 Å². The first-order valence-corrected chi connectivity index (χ1v) is 6.47. The Balaban J connectivity index is 2.09. The molecule has 0 aliphatic heterocycles. The molecular weight excluding hydrogens is 260 g/mol. The van der Waals surface area contributed by atoms with Crippen LogP contribution >= 0.6 is 11.6 Å². The lowest BCUT2D eigenvalue weighted by molar-refractivity contribution is 0.757. The van der Waals surface area contributed by atoms with Crippen molar-refractivity contribution in [1.29, 1.82) is 0 Å². The van der Waals surface area contributed by atoms with E-state index in [0.29, 0.717) is 11.7 Å². The first-order valence-electron chi connectivity index (χ1n) is 6.09. The topological polar surface area (TPSA) is 48.8 Å². The summed E-state index contributed by atoms with van der Waals surface area (Å²) in [6, 6.07) is 7.97. The smallest absolute Gasteiger partial charge is 0.131 e. The lowest BCUT2D eigenvalue weighted by Crippen LogP contribution is -1.99. The molecular formula is C14H15ClN4. The number of nitrogens with two attached hydrogens (primary N) is 1. The Morgan fingerprint density at radius 1 is 1.32 bits per heavy atom. The molecule has 0 saturated carbocycles. The quantitative estimate of drug-likeness (QED) is 0.731. The van der Waals surface area contributed by atoms with Gasteiger partial charge >= 0.3 is 0 Å². The minimum atomic E-state index is 0.684. The van der Waals surface area contributed by atoms with Crippen molar-refractivity contribution in [2.45, 2.75) is 13.5 Å². The van der Waals surface area contributed by atoms with Gasteiger partial charge in [-0.05, 0) is 25.1 Å². The average molecular weight is 275 g/mol. The molecule has 0 bridgehead atoms. The van der Waals surface area contributed by atoms with Crippen LogP contribution in [0.1, 0.15) is 11.3 Å². The highest BCUT2D eigenvalue weighted by Crippen LogP contribution is 2.25. The predicted octanol–water partition coefficient (Wildman–Crippen LogP) is 2.97. The van der Waals surface area contributed by atoms with Crippen LogP contribution in [0.3, 0.4) is 0 Å². The van der Waals surface area contributed by atoms with E-state index in [1.54, 1.807) is 4.68 Å². The summed E-state index contributed by atoms with van der Waals surface area (Å²) >= 11 is 6.28. The van der Waals surface area contributed by atoms with Gasteiger partial charge in [0.15, 0.2) is 0 Å². The van der Waals surface area contributed by atoms with Crippen molar-refractivity contribution in [1.82, 2.24) is 14.3 Å². The number of hydrogen-bond acceptors (Lipinski definition) is 2. The summed E-state index contributed by atoms with van der Waals surface area (Å²) < 4.78 is 3.84. The Bertz CT molecular complexity index is 754. The lowest BCUT2D eigenvalue weighted by Gasteiger charge is -2.06. The van der Waals surface area contributed by atoms with Crippen molar-refractivity contribution in [3.8, 4) is 0 Å². The molecule has 3 aromatic rings. The zero-order chi connectivity index (χ0) is 13.6. The molecule has 5 heteroatoms. The van der Waals surface area contributed by atoms with Gasteiger partial charge in [0, 0.05) is 29.9 Å². The van der Waals surface area contributed by atoms with Crippen molar-refractivity contribution in [2.75, 3.05) is 5.73 Å². The standard InChI is InChI=1S/C14H15ClN4/c1-9-11(14(15)18(2)17-9)8-19-7-6-10-12(16)4-3-5-13(10)19/h3-7H,8,16H2,1-2H3. The number of rotatable bonds is 2. The van der Waals surface area contributed by atoms with Crippen LogP contribution in [0.15, 0.2) is 30.5 Å². The summed E-state index contributed by atoms with van der Waals surface area (Å²) in [5, 5.41) is 6.09. The second kappa shape index (κ2) is 4.31. The number of hydrogen-bond donors (Lipinski definition) is 1. The summed E-state index contributed by atoms with van der Waals surface area (Å²) in [4.78, 5) is 0. The molecule has 2 heterocycles. The third kappa shape index (κ3) is 1.88. The van der Waals surface area contributed by atoms with Crippen LogP contribution in [0, 0.1) is 6.92 Å². The molecule has 3 rings (SSSR count). The van der Waals surface area contributed by atoms with Crippen molar-refractivity contribution < 1.29 is 0 Å². The Labute approximate surface area is 116 Å². The van der Waals surface area contributed by atoms with Crippen molar-refractivity contribution in [2.24, 2.45) is 7.05 Å². The first-order chi connectivity index (χ1) is 9.08. The van der Waals surface area contributed by atoms with Crippen molar-refractivity contribution >= 4 is 28.2 Å². The highest BCUT2D eigenvalue weighted by atomic mass is 35.5. The molecule has 0 aliphatic rings. The fourth-order valence-electron chi connectivity index (χ4n) is 2.41. The SMILES string of the molecule is Cc1nn(C)c(Cl)c1Cn1ccc2c(N)cccc21. The number of benzene rings is 1. The minimum Gasteiger partial charge on any atom is -0.398 e. The highest BCUT2D eigenvalue weighted by molar-refractivity contribution is 6.30. The molecule has 19 heavy (non-hydrogen) atoms. The Morgan fingerprint density at radius 3 is 2.79 bits per heavy atom. The normalized spacial score (nSPS) is 11.3. The molecule has 1 aromatic carbocycles. The summed E-state index contributed by atoms with van der Waals surface area (Å²) in [5.74, 6) is 0. The maximum absolute atomic E-state index is 6.28. The molecule has 0 aliphatic carbocycles. The molecule has 2 aromatic heterocycles.